The number of rotatable bonds is 2. The molecule has 3 N–H and O–H groups in total. The van der Waals surface area contributed by atoms with Crippen molar-refractivity contribution in [2.75, 3.05) is 5.73 Å². The van der Waals surface area contributed by atoms with Gasteiger partial charge in [0.15, 0.2) is 5.16 Å². The molecule has 7 heteroatoms. The molecule has 2 rings (SSSR count). The first-order valence-electron chi connectivity index (χ1n) is 4.29. The molecule has 0 unspecified atom stereocenters. The van der Waals surface area contributed by atoms with Crippen molar-refractivity contribution in [3.8, 4) is 0 Å². The van der Waals surface area contributed by atoms with Crippen LogP contribution in [0.25, 0.3) is 0 Å². The van der Waals surface area contributed by atoms with Crippen LogP contribution in [0.5, 0.6) is 0 Å². The lowest BCUT2D eigenvalue weighted by Crippen LogP contribution is -2.05. The van der Waals surface area contributed by atoms with Gasteiger partial charge >= 0.3 is 0 Å². The molecule has 0 amide bonds. The summed E-state index contributed by atoms with van der Waals surface area (Å²) >= 11 is 6.90. The summed E-state index contributed by atoms with van der Waals surface area (Å²) in [6.45, 7) is 0. The summed E-state index contributed by atoms with van der Waals surface area (Å²) in [6, 6.07) is 2.93. The highest BCUT2D eigenvalue weighted by atomic mass is 35.5. The molecule has 2 aromatic rings. The SMILES string of the molecule is Nc1cc(Cl)cnc1Sc1nccc(=O)[nH]1. The quantitative estimate of drug-likeness (QED) is 0.795. The van der Waals surface area contributed by atoms with Crippen LogP contribution in [0.15, 0.2) is 39.5 Å². The Bertz CT molecular complexity index is 571. The number of nitrogen functional groups attached to an aromatic ring is 1. The third-order valence-electron chi connectivity index (χ3n) is 1.69. The second-order valence-electron chi connectivity index (χ2n) is 2.89. The Hall–Kier alpha value is -1.53. The maximum atomic E-state index is 11.0. The molecule has 0 spiro atoms. The molecule has 0 bridgehead atoms. The van der Waals surface area contributed by atoms with Gasteiger partial charge in [-0.1, -0.05) is 11.6 Å². The lowest BCUT2D eigenvalue weighted by molar-refractivity contribution is 0.932. The predicted octanol–water partition coefficient (Wildman–Crippen LogP) is 1.55. The van der Waals surface area contributed by atoms with E-state index in [1.165, 1.54) is 30.2 Å². The summed E-state index contributed by atoms with van der Waals surface area (Å²) < 4.78 is 0. The van der Waals surface area contributed by atoms with Gasteiger partial charge in [-0.15, -0.1) is 0 Å². The van der Waals surface area contributed by atoms with Crippen LogP contribution >= 0.6 is 23.4 Å². The molecule has 16 heavy (non-hydrogen) atoms. The molecule has 0 radical (unpaired) electrons. The Balaban J connectivity index is 2.30. The normalized spacial score (nSPS) is 10.3. The fourth-order valence-electron chi connectivity index (χ4n) is 1.02. The maximum absolute atomic E-state index is 11.0. The van der Waals surface area contributed by atoms with Crippen LogP contribution in [0, 0.1) is 0 Å². The number of nitrogens with one attached hydrogen (secondary N) is 1. The molecule has 5 nitrogen and oxygen atoms in total. The summed E-state index contributed by atoms with van der Waals surface area (Å²) in [5, 5.41) is 1.46. The van der Waals surface area contributed by atoms with Crippen LogP contribution in [0.4, 0.5) is 5.69 Å². The van der Waals surface area contributed by atoms with Crippen molar-refractivity contribution in [1.82, 2.24) is 15.0 Å². The van der Waals surface area contributed by atoms with Crippen LogP contribution in [0.2, 0.25) is 5.02 Å². The van der Waals surface area contributed by atoms with Crippen molar-refractivity contribution in [2.24, 2.45) is 0 Å². The number of nitrogens with two attached hydrogens (primary N) is 1. The Kier molecular flexibility index (Phi) is 3.12. The van der Waals surface area contributed by atoms with E-state index in [0.717, 1.165) is 0 Å². The van der Waals surface area contributed by atoms with Crippen LogP contribution in [-0.4, -0.2) is 15.0 Å². The first kappa shape index (κ1) is 11.0. The molecule has 0 saturated carbocycles. The van der Waals surface area contributed by atoms with E-state index in [0.29, 0.717) is 20.9 Å². The molecule has 0 aliphatic heterocycles. The number of nitrogens with zero attached hydrogens (tertiary/aromatic N) is 2. The van der Waals surface area contributed by atoms with E-state index in [1.807, 2.05) is 0 Å². The molecule has 82 valence electrons. The van der Waals surface area contributed by atoms with Gasteiger partial charge in [0.1, 0.15) is 5.03 Å². The molecule has 0 aliphatic carbocycles. The minimum Gasteiger partial charge on any atom is -0.396 e. The van der Waals surface area contributed by atoms with Crippen molar-refractivity contribution in [2.45, 2.75) is 10.2 Å². The Morgan fingerprint density at radius 1 is 1.44 bits per heavy atom. The summed E-state index contributed by atoms with van der Waals surface area (Å²) in [6.07, 6.45) is 2.91. The van der Waals surface area contributed by atoms with Gasteiger partial charge in [-0.3, -0.25) is 4.79 Å². The van der Waals surface area contributed by atoms with E-state index in [9.17, 15) is 4.79 Å². The second kappa shape index (κ2) is 4.54. The van der Waals surface area contributed by atoms with E-state index in [2.05, 4.69) is 15.0 Å². The second-order valence-corrected chi connectivity index (χ2v) is 4.30. The number of hydrogen-bond acceptors (Lipinski definition) is 5. The first-order chi connectivity index (χ1) is 7.65. The number of pyridine rings is 1. The van der Waals surface area contributed by atoms with Gasteiger partial charge in [0.05, 0.1) is 10.7 Å². The third-order valence-corrected chi connectivity index (χ3v) is 2.83. The standard InChI is InChI=1S/C9H7ClN4OS/c10-5-3-6(11)8(13-4-5)16-9-12-2-1-7(15)14-9/h1-4H,11H2,(H,12,14,15). The van der Waals surface area contributed by atoms with Crippen molar-refractivity contribution in [3.63, 3.8) is 0 Å². The first-order valence-corrected chi connectivity index (χ1v) is 5.49. The molecule has 0 aliphatic rings. The lowest BCUT2D eigenvalue weighted by Gasteiger charge is -2.02. The zero-order chi connectivity index (χ0) is 11.5. The third kappa shape index (κ3) is 2.53. The van der Waals surface area contributed by atoms with Gasteiger partial charge < -0.3 is 10.7 Å². The highest BCUT2D eigenvalue weighted by molar-refractivity contribution is 7.99. The van der Waals surface area contributed by atoms with Gasteiger partial charge in [0.2, 0.25) is 0 Å². The van der Waals surface area contributed by atoms with Crippen LogP contribution < -0.4 is 11.3 Å². The van der Waals surface area contributed by atoms with Gasteiger partial charge in [0, 0.05) is 18.5 Å². The van der Waals surface area contributed by atoms with Crippen molar-refractivity contribution in [1.29, 1.82) is 0 Å². The smallest absolute Gasteiger partial charge is 0.251 e. The molecule has 2 aromatic heterocycles. The van der Waals surface area contributed by atoms with E-state index >= 15 is 0 Å². The summed E-state index contributed by atoms with van der Waals surface area (Å²) in [7, 11) is 0. The van der Waals surface area contributed by atoms with E-state index in [1.54, 1.807) is 6.07 Å². The lowest BCUT2D eigenvalue weighted by atomic mass is 10.4. The van der Waals surface area contributed by atoms with E-state index in [4.69, 9.17) is 17.3 Å². The van der Waals surface area contributed by atoms with Gasteiger partial charge in [-0.05, 0) is 17.8 Å². The number of H-pyrrole nitrogens is 1. The molecular formula is C9H7ClN4OS. The summed E-state index contributed by atoms with van der Waals surface area (Å²) in [5.41, 5.74) is 5.95. The average Bonchev–Trinajstić information content (AvgIpc) is 2.22. The summed E-state index contributed by atoms with van der Waals surface area (Å²) in [4.78, 5) is 21.6. The Labute approximate surface area is 100 Å². The maximum Gasteiger partial charge on any atom is 0.251 e. The zero-order valence-corrected chi connectivity index (χ0v) is 9.55. The number of hydrogen-bond donors (Lipinski definition) is 2. The van der Waals surface area contributed by atoms with Crippen molar-refractivity contribution < 1.29 is 0 Å². The highest BCUT2D eigenvalue weighted by Gasteiger charge is 2.05. The minimum atomic E-state index is -0.218. The van der Waals surface area contributed by atoms with Crippen molar-refractivity contribution >= 4 is 29.1 Å². The summed E-state index contributed by atoms with van der Waals surface area (Å²) in [5.74, 6) is 0. The molecule has 0 saturated heterocycles. The number of aromatic amines is 1. The predicted molar refractivity (Wildman–Crippen MR) is 62.6 cm³/mol. The highest BCUT2D eigenvalue weighted by Crippen LogP contribution is 2.28. The van der Waals surface area contributed by atoms with E-state index < -0.39 is 0 Å². The Morgan fingerprint density at radius 2 is 2.25 bits per heavy atom. The fourth-order valence-corrected chi connectivity index (χ4v) is 1.92. The van der Waals surface area contributed by atoms with Crippen LogP contribution in [0.3, 0.4) is 0 Å². The molecule has 0 fully saturated rings. The van der Waals surface area contributed by atoms with Crippen molar-refractivity contribution in [3.05, 3.63) is 39.9 Å². The Morgan fingerprint density at radius 3 is 2.94 bits per heavy atom. The molecule has 0 atom stereocenters. The largest absolute Gasteiger partial charge is 0.396 e. The molecular weight excluding hydrogens is 248 g/mol. The number of aromatic nitrogens is 3. The van der Waals surface area contributed by atoms with Gasteiger partial charge in [0.25, 0.3) is 5.56 Å². The molecule has 0 aromatic carbocycles. The fraction of sp³-hybridized carbons (Fsp3) is 0. The van der Waals surface area contributed by atoms with E-state index in [-0.39, 0.29) is 5.56 Å². The number of halogens is 1. The van der Waals surface area contributed by atoms with Gasteiger partial charge in [-0.2, -0.15) is 0 Å². The van der Waals surface area contributed by atoms with Gasteiger partial charge in [-0.25, -0.2) is 9.97 Å². The topological polar surface area (TPSA) is 84.7 Å². The monoisotopic (exact) mass is 254 g/mol. The van der Waals surface area contributed by atoms with Crippen LogP contribution in [-0.2, 0) is 0 Å². The van der Waals surface area contributed by atoms with Crippen LogP contribution in [0.1, 0.15) is 0 Å². The average molecular weight is 255 g/mol. The zero-order valence-electron chi connectivity index (χ0n) is 7.98. The number of anilines is 1. The minimum absolute atomic E-state index is 0.218. The molecule has 2 heterocycles.